The van der Waals surface area contributed by atoms with Gasteiger partial charge in [-0.25, -0.2) is 0 Å². The Morgan fingerprint density at radius 1 is 1.19 bits per heavy atom. The first-order valence-electron chi connectivity index (χ1n) is 6.55. The Kier molecular flexibility index (Phi) is 31.6. The summed E-state index contributed by atoms with van der Waals surface area (Å²) >= 11 is 0. The molecule has 0 heterocycles. The van der Waals surface area contributed by atoms with Gasteiger partial charge in [0.05, 0.1) is 11.6 Å². The van der Waals surface area contributed by atoms with E-state index < -0.39 is 6.04 Å². The van der Waals surface area contributed by atoms with Crippen LogP contribution < -0.4 is 10.6 Å². The molecule has 0 saturated carbocycles. The van der Waals surface area contributed by atoms with Crippen LogP contribution in [0, 0.1) is 0 Å². The van der Waals surface area contributed by atoms with Gasteiger partial charge in [0, 0.05) is 20.6 Å². The zero-order valence-electron chi connectivity index (χ0n) is 14.3. The number of rotatable bonds is 6. The van der Waals surface area contributed by atoms with Gasteiger partial charge >= 0.3 is 0 Å². The third-order valence-electron chi connectivity index (χ3n) is 1.76. The van der Waals surface area contributed by atoms with Crippen LogP contribution in [0.4, 0.5) is 0 Å². The minimum atomic E-state index is -0.653. The summed E-state index contributed by atoms with van der Waals surface area (Å²) in [5.41, 5.74) is 0.0417. The van der Waals surface area contributed by atoms with Crippen molar-refractivity contribution >= 4 is 19.0 Å². The molecule has 0 aliphatic carbocycles. The van der Waals surface area contributed by atoms with Crippen LogP contribution in [0.5, 0.6) is 0 Å². The van der Waals surface area contributed by atoms with E-state index in [2.05, 4.69) is 17.6 Å². The van der Waals surface area contributed by atoms with E-state index in [1.54, 1.807) is 7.11 Å². The van der Waals surface area contributed by atoms with Crippen LogP contribution in [0.2, 0.25) is 0 Å². The molecule has 0 aromatic carbocycles. The molecular formula is C14H32N2O5. The van der Waals surface area contributed by atoms with Gasteiger partial charge in [-0.05, 0) is 34.4 Å². The van der Waals surface area contributed by atoms with E-state index in [1.807, 2.05) is 27.8 Å². The number of carbonyl (C=O) groups excluding carboxylic acids is 3. The molecule has 0 saturated heterocycles. The highest BCUT2D eigenvalue weighted by atomic mass is 16.5. The molecular weight excluding hydrogens is 276 g/mol. The van der Waals surface area contributed by atoms with Crippen molar-refractivity contribution in [3.63, 3.8) is 0 Å². The molecule has 7 nitrogen and oxygen atoms in total. The zero-order chi connectivity index (χ0) is 17.7. The molecule has 1 amide bonds. The topological polar surface area (TPSA) is 105 Å². The molecule has 7 heteroatoms. The number of nitrogens with one attached hydrogen (secondary N) is 2. The Morgan fingerprint density at radius 3 is 1.71 bits per heavy atom. The van der Waals surface area contributed by atoms with E-state index in [1.165, 1.54) is 0 Å². The lowest BCUT2D eigenvalue weighted by molar-refractivity contribution is -0.117. The van der Waals surface area contributed by atoms with Gasteiger partial charge in [-0.3, -0.25) is 4.79 Å². The summed E-state index contributed by atoms with van der Waals surface area (Å²) < 4.78 is 4.94. The highest BCUT2D eigenvalue weighted by Crippen LogP contribution is 2.02. The van der Waals surface area contributed by atoms with Crippen molar-refractivity contribution < 1.29 is 24.2 Å². The Labute approximate surface area is 128 Å². The quantitative estimate of drug-likeness (QED) is 0.604. The maximum absolute atomic E-state index is 9.90. The predicted octanol–water partition coefficient (Wildman–Crippen LogP) is 0.154. The van der Waals surface area contributed by atoms with Crippen LogP contribution in [-0.4, -0.2) is 63.5 Å². The molecule has 0 bridgehead atoms. The van der Waals surface area contributed by atoms with Gasteiger partial charge in [-0.2, -0.15) is 0 Å². The summed E-state index contributed by atoms with van der Waals surface area (Å²) in [7, 11) is 4.64. The number of methoxy groups -OCH3 is 1. The molecule has 0 aliphatic heterocycles. The van der Waals surface area contributed by atoms with E-state index in [4.69, 9.17) is 9.84 Å². The van der Waals surface area contributed by atoms with Crippen molar-refractivity contribution in [1.82, 2.24) is 10.6 Å². The molecule has 1 unspecified atom stereocenters. The van der Waals surface area contributed by atoms with Crippen molar-refractivity contribution in [2.24, 2.45) is 0 Å². The number of aldehydes is 2. The second-order valence-corrected chi connectivity index (χ2v) is 4.45. The SMILES string of the molecule is CCNC.CO.COC(C)(C)C.O=CCC(C=O)NC=O. The van der Waals surface area contributed by atoms with Gasteiger partial charge in [-0.1, -0.05) is 6.92 Å². The number of ether oxygens (including phenoxy) is 1. The predicted molar refractivity (Wildman–Crippen MR) is 84.2 cm³/mol. The van der Waals surface area contributed by atoms with Crippen molar-refractivity contribution in [2.75, 3.05) is 27.8 Å². The van der Waals surface area contributed by atoms with Crippen LogP contribution in [0.15, 0.2) is 0 Å². The molecule has 0 spiro atoms. The molecule has 0 aromatic heterocycles. The molecule has 0 radical (unpaired) electrons. The smallest absolute Gasteiger partial charge is 0.207 e. The minimum Gasteiger partial charge on any atom is -0.400 e. The lowest BCUT2D eigenvalue weighted by Crippen LogP contribution is -2.29. The molecule has 3 N–H and O–H groups in total. The Hall–Kier alpha value is -1.31. The van der Waals surface area contributed by atoms with Gasteiger partial charge in [0.25, 0.3) is 0 Å². The summed E-state index contributed by atoms with van der Waals surface area (Å²) in [5, 5.41) is 12.1. The van der Waals surface area contributed by atoms with E-state index in [0.717, 1.165) is 13.7 Å². The van der Waals surface area contributed by atoms with Crippen molar-refractivity contribution in [3.8, 4) is 0 Å². The Morgan fingerprint density at radius 2 is 1.57 bits per heavy atom. The third-order valence-corrected chi connectivity index (χ3v) is 1.76. The van der Waals surface area contributed by atoms with Crippen molar-refractivity contribution in [2.45, 2.75) is 45.8 Å². The number of aliphatic hydroxyl groups is 1. The summed E-state index contributed by atoms with van der Waals surface area (Å²) in [6.45, 7) is 9.20. The van der Waals surface area contributed by atoms with Crippen LogP contribution in [0.3, 0.4) is 0 Å². The summed E-state index contributed by atoms with van der Waals surface area (Å²) in [6.07, 6.45) is 1.53. The zero-order valence-corrected chi connectivity index (χ0v) is 14.3. The summed E-state index contributed by atoms with van der Waals surface area (Å²) in [6, 6.07) is -0.653. The minimum absolute atomic E-state index is 0.0417. The van der Waals surface area contributed by atoms with Gasteiger partial charge in [0.1, 0.15) is 12.6 Å². The van der Waals surface area contributed by atoms with E-state index in [0.29, 0.717) is 19.0 Å². The molecule has 0 aromatic rings. The lowest BCUT2D eigenvalue weighted by atomic mass is 10.2. The first-order chi connectivity index (χ1) is 9.82. The first kappa shape index (κ1) is 27.9. The Bertz CT molecular complexity index is 206. The number of aliphatic hydroxyl groups excluding tert-OH is 1. The van der Waals surface area contributed by atoms with Gasteiger partial charge in [0.15, 0.2) is 0 Å². The van der Waals surface area contributed by atoms with Crippen molar-refractivity contribution in [1.29, 1.82) is 0 Å². The first-order valence-corrected chi connectivity index (χ1v) is 6.55. The fourth-order valence-electron chi connectivity index (χ4n) is 0.354. The Balaban J connectivity index is -0.000000104. The average molecular weight is 308 g/mol. The summed E-state index contributed by atoms with van der Waals surface area (Å²) in [5.74, 6) is 0. The summed E-state index contributed by atoms with van der Waals surface area (Å²) in [4.78, 5) is 29.3. The number of hydrogen-bond acceptors (Lipinski definition) is 6. The standard InChI is InChI=1S/C5H7NO3.C5H12O.C3H9N.CH4O/c7-2-1-5(3-8)6-4-9;1-5(2,3)6-4;1-3-4-2;1-2/h2-5H,1H2,(H,6,9);1-4H3;4H,3H2,1-2H3;2H,1H3. The highest BCUT2D eigenvalue weighted by molar-refractivity contribution is 5.68. The number of carbonyl (C=O) groups is 3. The third kappa shape index (κ3) is 45.6. The second kappa shape index (κ2) is 23.8. The molecule has 21 heavy (non-hydrogen) atoms. The van der Waals surface area contributed by atoms with Gasteiger partial charge < -0.3 is 30.1 Å². The maximum Gasteiger partial charge on any atom is 0.207 e. The molecule has 128 valence electrons. The van der Waals surface area contributed by atoms with Crippen LogP contribution in [0.1, 0.15) is 34.1 Å². The van der Waals surface area contributed by atoms with Crippen LogP contribution >= 0.6 is 0 Å². The largest absolute Gasteiger partial charge is 0.400 e. The lowest BCUT2D eigenvalue weighted by Gasteiger charge is -2.14. The highest BCUT2D eigenvalue weighted by Gasteiger charge is 2.04. The second-order valence-electron chi connectivity index (χ2n) is 4.45. The fourth-order valence-corrected chi connectivity index (χ4v) is 0.354. The van der Waals surface area contributed by atoms with E-state index in [-0.39, 0.29) is 12.0 Å². The van der Waals surface area contributed by atoms with Gasteiger partial charge in [-0.15, -0.1) is 0 Å². The monoisotopic (exact) mass is 308 g/mol. The fraction of sp³-hybridized carbons (Fsp3) is 0.786. The average Bonchev–Trinajstić information content (AvgIpc) is 2.49. The number of hydrogen-bond donors (Lipinski definition) is 3. The molecule has 0 rings (SSSR count). The van der Waals surface area contributed by atoms with E-state index in [9.17, 15) is 14.4 Å². The van der Waals surface area contributed by atoms with Gasteiger partial charge in [0.2, 0.25) is 6.41 Å². The normalized spacial score (nSPS) is 10.1. The number of amides is 1. The molecule has 0 aliphatic rings. The van der Waals surface area contributed by atoms with E-state index >= 15 is 0 Å². The van der Waals surface area contributed by atoms with Crippen molar-refractivity contribution in [3.05, 3.63) is 0 Å². The maximum atomic E-state index is 9.90. The van der Waals surface area contributed by atoms with Crippen LogP contribution in [0.25, 0.3) is 0 Å². The molecule has 0 fully saturated rings. The molecule has 1 atom stereocenters. The van der Waals surface area contributed by atoms with Crippen LogP contribution in [-0.2, 0) is 19.1 Å².